The summed E-state index contributed by atoms with van der Waals surface area (Å²) >= 11 is 0. The first-order valence-corrected chi connectivity index (χ1v) is 25.2. The lowest BCUT2D eigenvalue weighted by molar-refractivity contribution is -0.870. The molecule has 5 atom stereocenters. The maximum Gasteiger partial charge on any atom is 0.472 e. The molecule has 4 N–H and O–H groups in total. The molecule has 366 valence electrons. The highest BCUT2D eigenvalue weighted by molar-refractivity contribution is 7.47. The molecule has 0 amide bonds. The Morgan fingerprint density at radius 1 is 0.703 bits per heavy atom. The topological polar surface area (TPSA) is 182 Å². The summed E-state index contributed by atoms with van der Waals surface area (Å²) in [4.78, 5) is 35.6. The van der Waals surface area contributed by atoms with Gasteiger partial charge in [-0.3, -0.25) is 18.6 Å². The van der Waals surface area contributed by atoms with Gasteiger partial charge in [-0.05, 0) is 69.9 Å². The number of unbranched alkanes of at least 4 members (excludes halogenated alkanes) is 9. The van der Waals surface area contributed by atoms with Crippen molar-refractivity contribution in [1.82, 2.24) is 0 Å². The highest BCUT2D eigenvalue weighted by Gasteiger charge is 2.27. The first kappa shape index (κ1) is 58.9. The number of furan rings is 1. The number of likely N-dealkylation sites (N-methyl/N-ethyl adjacent to an activating group) is 1. The largest absolute Gasteiger partial charge is 0.472 e. The number of hydrogen-bond acceptors (Lipinski definition) is 11. The molecule has 0 aromatic carbocycles. The summed E-state index contributed by atoms with van der Waals surface area (Å²) in [5.74, 6) is 1.13. The minimum Gasteiger partial charge on any atom is -0.466 e. The number of aliphatic hydroxyl groups excluding tert-OH is 3. The lowest BCUT2D eigenvalue weighted by Gasteiger charge is -2.24. The van der Waals surface area contributed by atoms with E-state index >= 15 is 0 Å². The van der Waals surface area contributed by atoms with E-state index < -0.39 is 57.4 Å². The van der Waals surface area contributed by atoms with Crippen molar-refractivity contribution in [1.29, 1.82) is 0 Å². The Morgan fingerprint density at radius 3 is 1.88 bits per heavy atom. The fraction of sp³-hybridized carbons (Fsp3) is 0.680. The number of aryl methyl sites for hydroxylation is 2. The van der Waals surface area contributed by atoms with Crippen LogP contribution in [0.3, 0.4) is 0 Å². The van der Waals surface area contributed by atoms with Crippen LogP contribution in [0.4, 0.5) is 0 Å². The van der Waals surface area contributed by atoms with Gasteiger partial charge in [0.05, 0.1) is 46.1 Å². The molecular weight excluding hydrogens is 838 g/mol. The molecule has 1 rings (SSSR count). The van der Waals surface area contributed by atoms with Gasteiger partial charge in [0, 0.05) is 25.7 Å². The predicted octanol–water partition coefficient (Wildman–Crippen LogP) is 9.81. The van der Waals surface area contributed by atoms with Gasteiger partial charge in [0.2, 0.25) is 0 Å². The van der Waals surface area contributed by atoms with E-state index in [1.165, 1.54) is 36.5 Å². The zero-order valence-corrected chi connectivity index (χ0v) is 41.2. The predicted molar refractivity (Wildman–Crippen MR) is 255 cm³/mol. The quantitative estimate of drug-likeness (QED) is 0.0123. The molecule has 13 nitrogen and oxygen atoms in total. The molecule has 1 unspecified atom stereocenters. The number of quaternary nitrogens is 1. The second kappa shape index (κ2) is 35.1. The Morgan fingerprint density at radius 2 is 1.27 bits per heavy atom. The van der Waals surface area contributed by atoms with Gasteiger partial charge in [0.25, 0.3) is 0 Å². The van der Waals surface area contributed by atoms with Crippen molar-refractivity contribution in [2.75, 3.05) is 47.5 Å². The molecule has 0 saturated heterocycles. The maximum absolute atomic E-state index is 12.8. The van der Waals surface area contributed by atoms with Gasteiger partial charge in [-0.25, -0.2) is 4.57 Å². The van der Waals surface area contributed by atoms with Crippen molar-refractivity contribution in [3.63, 3.8) is 0 Å². The van der Waals surface area contributed by atoms with Crippen LogP contribution >= 0.6 is 7.82 Å². The summed E-state index contributed by atoms with van der Waals surface area (Å²) in [5.41, 5.74) is 2.61. The third-order valence-corrected chi connectivity index (χ3v) is 11.6. The zero-order chi connectivity index (χ0) is 47.6. The first-order valence-electron chi connectivity index (χ1n) is 23.7. The minimum absolute atomic E-state index is 0.0342. The molecule has 0 spiro atoms. The SMILES string of the molecule is CC/C=C\C[C@@H](O)/C=C/C=C/C=C\C=C/[C@H](O)[C@@H](O)CCCC(=O)OC[C@H](COP(=O)(O)OCC[N+](C)(C)C)OC(=O)CCCCCCCCCCc1oc(CCCCC)c(C)c1C. The fourth-order valence-electron chi connectivity index (χ4n) is 6.47. The second-order valence-corrected chi connectivity index (χ2v) is 19.0. The third kappa shape index (κ3) is 30.9. The summed E-state index contributed by atoms with van der Waals surface area (Å²) < 4.78 is 40.4. The van der Waals surface area contributed by atoms with E-state index in [0.29, 0.717) is 23.9 Å². The van der Waals surface area contributed by atoms with Gasteiger partial charge in [0.1, 0.15) is 31.3 Å². The molecule has 0 saturated carbocycles. The number of hydrogen-bond donors (Lipinski definition) is 4. The lowest BCUT2D eigenvalue weighted by atomic mass is 10.0. The minimum atomic E-state index is -4.48. The van der Waals surface area contributed by atoms with Gasteiger partial charge in [0.15, 0.2) is 6.10 Å². The monoisotopic (exact) mass is 923 g/mol. The molecule has 0 aliphatic heterocycles. The van der Waals surface area contributed by atoms with Gasteiger partial charge in [-0.2, -0.15) is 0 Å². The van der Waals surface area contributed by atoms with Crippen LogP contribution in [-0.2, 0) is 45.5 Å². The number of esters is 2. The number of phosphoric acid groups is 1. The molecule has 0 bridgehead atoms. The number of aliphatic hydroxyl groups is 3. The molecule has 0 aliphatic carbocycles. The van der Waals surface area contributed by atoms with Crippen molar-refractivity contribution in [2.45, 2.75) is 174 Å². The van der Waals surface area contributed by atoms with Crippen LogP contribution in [0.2, 0.25) is 0 Å². The normalized spacial score (nSPS) is 15.5. The van der Waals surface area contributed by atoms with Gasteiger partial charge in [-0.1, -0.05) is 126 Å². The van der Waals surface area contributed by atoms with Gasteiger partial charge >= 0.3 is 19.8 Å². The van der Waals surface area contributed by atoms with Crippen LogP contribution in [0, 0.1) is 13.8 Å². The van der Waals surface area contributed by atoms with Crippen molar-refractivity contribution < 1.29 is 61.8 Å². The Bertz CT molecular complexity index is 1610. The molecule has 1 aromatic heterocycles. The van der Waals surface area contributed by atoms with E-state index in [4.69, 9.17) is 22.9 Å². The van der Waals surface area contributed by atoms with Crippen LogP contribution in [0.25, 0.3) is 0 Å². The van der Waals surface area contributed by atoms with E-state index in [-0.39, 0.29) is 32.3 Å². The first-order chi connectivity index (χ1) is 30.5. The van der Waals surface area contributed by atoms with Gasteiger partial charge in [-0.15, -0.1) is 0 Å². The molecule has 0 radical (unpaired) electrons. The summed E-state index contributed by atoms with van der Waals surface area (Å²) in [7, 11) is 1.25. The van der Waals surface area contributed by atoms with E-state index in [9.17, 15) is 34.4 Å². The zero-order valence-electron chi connectivity index (χ0n) is 40.3. The van der Waals surface area contributed by atoms with E-state index in [1.54, 1.807) is 42.5 Å². The van der Waals surface area contributed by atoms with Crippen LogP contribution in [-0.4, -0.2) is 109 Å². The number of carbonyl (C=O) groups is 2. The number of carbonyl (C=O) groups excluding carboxylic acids is 2. The average molecular weight is 923 g/mol. The average Bonchev–Trinajstić information content (AvgIpc) is 3.50. The van der Waals surface area contributed by atoms with Crippen molar-refractivity contribution in [2.24, 2.45) is 0 Å². The van der Waals surface area contributed by atoms with Crippen molar-refractivity contribution in [3.8, 4) is 0 Å². The van der Waals surface area contributed by atoms with Crippen LogP contribution in [0.15, 0.2) is 65.2 Å². The molecule has 1 heterocycles. The summed E-state index contributed by atoms with van der Waals surface area (Å²) in [6, 6.07) is 0. The number of rotatable bonds is 38. The van der Waals surface area contributed by atoms with Crippen LogP contribution in [0.1, 0.15) is 146 Å². The number of allylic oxidation sites excluding steroid dienone is 7. The molecular formula is C50H85NO12P+. The Hall–Kier alpha value is -3.13. The molecule has 64 heavy (non-hydrogen) atoms. The van der Waals surface area contributed by atoms with Crippen LogP contribution < -0.4 is 0 Å². The summed E-state index contributed by atoms with van der Waals surface area (Å²) in [5, 5.41) is 30.5. The maximum atomic E-state index is 12.8. The highest BCUT2D eigenvalue weighted by Crippen LogP contribution is 2.43. The second-order valence-electron chi connectivity index (χ2n) is 17.6. The third-order valence-electron chi connectivity index (χ3n) is 10.6. The van der Waals surface area contributed by atoms with Crippen molar-refractivity contribution in [3.05, 3.63) is 83.4 Å². The van der Waals surface area contributed by atoms with E-state index in [0.717, 1.165) is 75.7 Å². The highest BCUT2D eigenvalue weighted by atomic mass is 31.2. The lowest BCUT2D eigenvalue weighted by Crippen LogP contribution is -2.37. The molecule has 14 heteroatoms. The standard InChI is InChI=1S/C50H84NO12P/c1-8-10-22-29-43(52)30-24-18-16-17-19-25-31-45(53)46(54)32-28-36-49(55)59-39-44(40-61-64(57,58)60-38-37-51(5,6)7)62-50(56)35-27-21-15-13-12-14-20-26-34-48-42(4)41(3)47(63-48)33-23-11-9-2/h10,16-19,22,24-25,30-31,43-46,52-54H,8-9,11-15,20-21,23,26-29,32-40H2,1-7H3/p+1/b18-16+,19-17-,22-10-,30-24+,31-25-/t43-,44-,45+,46+/m1/s1. The van der Waals surface area contributed by atoms with Gasteiger partial charge < -0.3 is 38.6 Å². The Balaban J connectivity index is 2.48. The van der Waals surface area contributed by atoms with E-state index in [2.05, 4.69) is 20.8 Å². The Labute approximate surface area is 385 Å². The molecule has 0 fully saturated rings. The van der Waals surface area contributed by atoms with E-state index in [1.807, 2.05) is 40.2 Å². The summed E-state index contributed by atoms with van der Waals surface area (Å²) in [6.07, 6.45) is 29.0. The number of ether oxygens (including phenoxy) is 2. The fourth-order valence-corrected chi connectivity index (χ4v) is 7.22. The Kier molecular flexibility index (Phi) is 32.3. The summed E-state index contributed by atoms with van der Waals surface area (Å²) in [6.45, 7) is 8.09. The van der Waals surface area contributed by atoms with Crippen molar-refractivity contribution >= 4 is 19.8 Å². The number of nitrogens with zero attached hydrogens (tertiary/aromatic N) is 1. The smallest absolute Gasteiger partial charge is 0.466 e. The molecule has 1 aromatic rings. The van der Waals surface area contributed by atoms with Crippen LogP contribution in [0.5, 0.6) is 0 Å². The molecule has 0 aliphatic rings. The number of phosphoric ester groups is 1.